The number of nitrogens with zero attached hydrogens (tertiary/aromatic N) is 2. The SMILES string of the molecule is C=C(C(=O)Nc1ccc(-c2cc(NC(=O)c3ccccc3Cl)n(C)n2)cc1)/C(Cl)=C/CBr. The Bertz CT molecular complexity index is 1200. The van der Waals surface area contributed by atoms with Crippen LogP contribution in [0.2, 0.25) is 5.02 Å². The van der Waals surface area contributed by atoms with E-state index >= 15 is 0 Å². The van der Waals surface area contributed by atoms with E-state index in [-0.39, 0.29) is 22.4 Å². The number of hydrogen-bond donors (Lipinski definition) is 2. The highest BCUT2D eigenvalue weighted by Crippen LogP contribution is 2.25. The van der Waals surface area contributed by atoms with Crippen LogP contribution >= 0.6 is 39.1 Å². The summed E-state index contributed by atoms with van der Waals surface area (Å²) < 4.78 is 1.57. The van der Waals surface area contributed by atoms with E-state index in [0.717, 1.165) is 5.56 Å². The molecule has 0 bridgehead atoms. The summed E-state index contributed by atoms with van der Waals surface area (Å²) in [4.78, 5) is 24.8. The van der Waals surface area contributed by atoms with Gasteiger partial charge in [-0.15, -0.1) is 0 Å². The number of rotatable bonds is 7. The molecule has 0 aliphatic heterocycles. The molecule has 2 amide bonds. The second kappa shape index (κ2) is 10.6. The molecule has 1 heterocycles. The molecule has 0 fully saturated rings. The number of aryl methyl sites for hydroxylation is 1. The zero-order chi connectivity index (χ0) is 23.3. The predicted molar refractivity (Wildman–Crippen MR) is 134 cm³/mol. The number of benzene rings is 2. The van der Waals surface area contributed by atoms with Crippen molar-refractivity contribution < 1.29 is 9.59 Å². The molecule has 6 nitrogen and oxygen atoms in total. The summed E-state index contributed by atoms with van der Waals surface area (Å²) in [5, 5.41) is 11.2. The summed E-state index contributed by atoms with van der Waals surface area (Å²) in [6, 6.07) is 15.7. The van der Waals surface area contributed by atoms with Gasteiger partial charge in [-0.25, -0.2) is 0 Å². The quantitative estimate of drug-likeness (QED) is 0.222. The van der Waals surface area contributed by atoms with E-state index in [4.69, 9.17) is 23.2 Å². The largest absolute Gasteiger partial charge is 0.322 e. The molecule has 32 heavy (non-hydrogen) atoms. The molecule has 0 unspecified atom stereocenters. The molecule has 3 aromatic rings. The molecule has 2 aromatic carbocycles. The second-order valence-corrected chi connectivity index (χ2v) is 8.15. The maximum Gasteiger partial charge on any atom is 0.258 e. The molecule has 3 rings (SSSR count). The maximum atomic E-state index is 12.5. The Morgan fingerprint density at radius 3 is 2.50 bits per heavy atom. The third-order valence-corrected chi connectivity index (χ3v) is 5.53. The molecule has 9 heteroatoms. The van der Waals surface area contributed by atoms with Gasteiger partial charge in [0.2, 0.25) is 0 Å². The second-order valence-electron chi connectivity index (χ2n) is 6.69. The zero-order valence-electron chi connectivity index (χ0n) is 17.0. The van der Waals surface area contributed by atoms with E-state index in [1.54, 1.807) is 60.3 Å². The number of alkyl halides is 1. The van der Waals surface area contributed by atoms with Crippen LogP contribution in [0.1, 0.15) is 10.4 Å². The van der Waals surface area contributed by atoms with Crippen molar-refractivity contribution >= 4 is 62.5 Å². The van der Waals surface area contributed by atoms with Gasteiger partial charge < -0.3 is 10.6 Å². The van der Waals surface area contributed by atoms with Gasteiger partial charge in [-0.3, -0.25) is 14.3 Å². The van der Waals surface area contributed by atoms with Crippen LogP contribution in [0.5, 0.6) is 0 Å². The molecule has 0 aliphatic carbocycles. The van der Waals surface area contributed by atoms with Crippen molar-refractivity contribution in [3.8, 4) is 11.3 Å². The van der Waals surface area contributed by atoms with E-state index in [0.29, 0.717) is 33.1 Å². The molecule has 0 saturated carbocycles. The molecular weight excluding hydrogens is 515 g/mol. The fourth-order valence-electron chi connectivity index (χ4n) is 2.78. The van der Waals surface area contributed by atoms with Crippen LogP contribution in [0.15, 0.2) is 77.9 Å². The van der Waals surface area contributed by atoms with Gasteiger partial charge in [0.05, 0.1) is 21.9 Å². The van der Waals surface area contributed by atoms with Gasteiger partial charge >= 0.3 is 0 Å². The third kappa shape index (κ3) is 5.68. The van der Waals surface area contributed by atoms with E-state index < -0.39 is 0 Å². The normalized spacial score (nSPS) is 11.2. The molecule has 2 N–H and O–H groups in total. The Kier molecular flexibility index (Phi) is 7.90. The Labute approximate surface area is 204 Å². The Morgan fingerprint density at radius 1 is 1.16 bits per heavy atom. The summed E-state index contributed by atoms with van der Waals surface area (Å²) in [5.74, 6) is -0.190. The lowest BCUT2D eigenvalue weighted by atomic mass is 10.1. The lowest BCUT2D eigenvalue weighted by Crippen LogP contribution is -2.14. The topological polar surface area (TPSA) is 76.0 Å². The van der Waals surface area contributed by atoms with E-state index in [9.17, 15) is 9.59 Å². The van der Waals surface area contributed by atoms with Crippen LogP contribution in [0.4, 0.5) is 11.5 Å². The molecule has 164 valence electrons. The van der Waals surface area contributed by atoms with Crippen LogP contribution in [0, 0.1) is 0 Å². The number of carbonyl (C=O) groups is 2. The monoisotopic (exact) mass is 532 g/mol. The Balaban J connectivity index is 1.71. The number of amides is 2. The fraction of sp³-hybridized carbons (Fsp3) is 0.0870. The number of allylic oxidation sites excluding steroid dienone is 1. The molecule has 0 aliphatic rings. The van der Waals surface area contributed by atoms with Gasteiger partial charge in [0.1, 0.15) is 5.82 Å². The van der Waals surface area contributed by atoms with E-state index in [1.165, 1.54) is 0 Å². The molecule has 0 radical (unpaired) electrons. The first kappa shape index (κ1) is 23.8. The lowest BCUT2D eigenvalue weighted by molar-refractivity contribution is -0.112. The highest BCUT2D eigenvalue weighted by Gasteiger charge is 2.14. The summed E-state index contributed by atoms with van der Waals surface area (Å²) in [7, 11) is 1.73. The first-order valence-electron chi connectivity index (χ1n) is 9.42. The number of carbonyl (C=O) groups excluding carboxylic acids is 2. The van der Waals surface area contributed by atoms with E-state index in [1.807, 2.05) is 12.1 Å². The van der Waals surface area contributed by atoms with Gasteiger partial charge in [-0.1, -0.05) is 76.1 Å². The highest BCUT2D eigenvalue weighted by molar-refractivity contribution is 9.09. The molecular formula is C23H19BrCl2N4O2. The van der Waals surface area contributed by atoms with Crippen LogP contribution in [-0.4, -0.2) is 26.9 Å². The summed E-state index contributed by atoms with van der Waals surface area (Å²) >= 11 is 15.3. The fourth-order valence-corrected chi connectivity index (χ4v) is 3.68. The molecule has 1 aromatic heterocycles. The van der Waals surface area contributed by atoms with Crippen molar-refractivity contribution in [3.63, 3.8) is 0 Å². The van der Waals surface area contributed by atoms with Crippen LogP contribution in [0.3, 0.4) is 0 Å². The minimum absolute atomic E-state index is 0.179. The number of hydrogen-bond acceptors (Lipinski definition) is 3. The zero-order valence-corrected chi connectivity index (χ0v) is 20.1. The first-order chi connectivity index (χ1) is 15.3. The smallest absolute Gasteiger partial charge is 0.258 e. The van der Waals surface area contributed by atoms with Crippen molar-refractivity contribution in [2.75, 3.05) is 16.0 Å². The molecule has 0 saturated heterocycles. The number of anilines is 2. The lowest BCUT2D eigenvalue weighted by Gasteiger charge is -2.07. The predicted octanol–water partition coefficient (Wildman–Crippen LogP) is 6.01. The van der Waals surface area contributed by atoms with E-state index in [2.05, 4.69) is 38.2 Å². The van der Waals surface area contributed by atoms with Crippen molar-refractivity contribution in [1.29, 1.82) is 0 Å². The number of aromatic nitrogens is 2. The van der Waals surface area contributed by atoms with Gasteiger partial charge in [0.15, 0.2) is 0 Å². The van der Waals surface area contributed by atoms with Gasteiger partial charge in [0, 0.05) is 34.7 Å². The molecule has 0 spiro atoms. The van der Waals surface area contributed by atoms with Crippen molar-refractivity contribution in [2.24, 2.45) is 7.05 Å². The van der Waals surface area contributed by atoms with Gasteiger partial charge in [-0.05, 0) is 24.3 Å². The van der Waals surface area contributed by atoms with Gasteiger partial charge in [-0.2, -0.15) is 5.10 Å². The van der Waals surface area contributed by atoms with Gasteiger partial charge in [0.25, 0.3) is 11.8 Å². The summed E-state index contributed by atoms with van der Waals surface area (Å²) in [5.41, 5.74) is 2.62. The third-order valence-electron chi connectivity index (χ3n) is 4.50. The average Bonchev–Trinajstić information content (AvgIpc) is 3.14. The van der Waals surface area contributed by atoms with Crippen molar-refractivity contribution in [1.82, 2.24) is 9.78 Å². The Morgan fingerprint density at radius 2 is 1.84 bits per heavy atom. The summed E-state index contributed by atoms with van der Waals surface area (Å²) in [6.07, 6.45) is 1.65. The Hall–Kier alpha value is -2.87. The highest BCUT2D eigenvalue weighted by atomic mass is 79.9. The summed E-state index contributed by atoms with van der Waals surface area (Å²) in [6.45, 7) is 3.71. The van der Waals surface area contributed by atoms with Crippen molar-refractivity contribution in [2.45, 2.75) is 0 Å². The minimum atomic E-state index is -0.387. The standard InChI is InChI=1S/C23H19BrCl2N4O2/c1-14(18(25)11-12-24)22(31)27-16-9-7-15(8-10-16)20-13-21(30(2)29-20)28-23(32)17-5-3-4-6-19(17)26/h3-11,13H,1,12H2,2H3,(H,27,31)(H,28,32)/b18-11-. The van der Waals surface area contributed by atoms with Crippen LogP contribution < -0.4 is 10.6 Å². The minimum Gasteiger partial charge on any atom is -0.322 e. The number of nitrogens with one attached hydrogen (secondary N) is 2. The molecule has 0 atom stereocenters. The van der Waals surface area contributed by atoms with Crippen LogP contribution in [0.25, 0.3) is 11.3 Å². The average molecular weight is 534 g/mol. The first-order valence-corrected chi connectivity index (χ1v) is 11.3. The maximum absolute atomic E-state index is 12.5. The van der Waals surface area contributed by atoms with Crippen molar-refractivity contribution in [3.05, 3.63) is 88.4 Å². The number of halogens is 3. The van der Waals surface area contributed by atoms with Crippen LogP contribution in [-0.2, 0) is 11.8 Å².